The van der Waals surface area contributed by atoms with E-state index in [2.05, 4.69) is 63.3 Å². The summed E-state index contributed by atoms with van der Waals surface area (Å²) >= 11 is 18.6. The Kier molecular flexibility index (Phi) is 26.6. The summed E-state index contributed by atoms with van der Waals surface area (Å²) in [6.45, 7) is 0.814. The molecule has 5 fully saturated rings. The lowest BCUT2D eigenvalue weighted by Crippen LogP contribution is -2.45. The van der Waals surface area contributed by atoms with Crippen molar-refractivity contribution in [2.75, 3.05) is 61.7 Å². The zero-order valence-corrected chi connectivity index (χ0v) is 65.6. The van der Waals surface area contributed by atoms with Crippen LogP contribution in [0.5, 0.6) is 0 Å². The number of fused-ring (bicyclic) bond motifs is 4. The van der Waals surface area contributed by atoms with Crippen LogP contribution in [-0.4, -0.2) is 252 Å². The second-order valence-electron chi connectivity index (χ2n) is 28.5. The number of rotatable bonds is 27. The fourth-order valence-corrected chi connectivity index (χ4v) is 16.3. The zero-order chi connectivity index (χ0) is 80.0. The van der Waals surface area contributed by atoms with Gasteiger partial charge in [-0.2, -0.15) is 15.0 Å². The number of aliphatic hydroxyl groups is 7. The summed E-state index contributed by atoms with van der Waals surface area (Å²) in [4.78, 5) is 95.2. The van der Waals surface area contributed by atoms with Crippen LogP contribution < -0.4 is 26.0 Å². The lowest BCUT2D eigenvalue weighted by Gasteiger charge is -2.31. The average molecular weight is 1690 g/mol. The van der Waals surface area contributed by atoms with Gasteiger partial charge in [0, 0.05) is 37.6 Å². The summed E-state index contributed by atoms with van der Waals surface area (Å²) in [5, 5.41) is 81.4. The SMILES string of the molecule is CC(=O)NCC(C)(OC[C@H]1O[C@@H](n2ccc3c(NC4CCCC4)nc(Cl)nc32)[C@H](O)[C@@H]1O)P(=O)(O)O.CC(CNS(C)(=O)=O)(OC[C@H]1O[C@@H](n2ccc3c(NC4CCCC4)nc(Cl)nc32)[C@H](O)[C@@H]1O)P(=O)(O)O.CC(CO)(OC[C@H]1O[C@@H](n2ccc3c(N[C@@H]4CCc5ccccc54)nc(Cl)nc32)[C@H](O)[C@@H]1O)P(=O)(O)O. The van der Waals surface area contributed by atoms with Gasteiger partial charge in [-0.25, -0.2) is 28.1 Å². The first-order chi connectivity index (χ1) is 51.6. The number of halogens is 3. The Bertz CT molecular complexity index is 4710. The Balaban J connectivity index is 0.000000164. The highest BCUT2D eigenvalue weighted by Crippen LogP contribution is 2.54. The topological polar surface area (TPSA) is 573 Å². The van der Waals surface area contributed by atoms with Crippen LogP contribution in [0.1, 0.15) is 121 Å². The second-order valence-corrected chi connectivity index (χ2v) is 37.4. The van der Waals surface area contributed by atoms with Gasteiger partial charge in [-0.15, -0.1) is 0 Å². The molecule has 110 heavy (non-hydrogen) atoms. The van der Waals surface area contributed by atoms with E-state index in [0.717, 1.165) is 91.2 Å². The molecule has 39 nitrogen and oxygen atoms in total. The number of aliphatic hydroxyl groups excluding tert-OH is 7. The Morgan fingerprint density at radius 3 is 1.25 bits per heavy atom. The van der Waals surface area contributed by atoms with Crippen molar-refractivity contribution in [1.29, 1.82) is 0 Å². The molecule has 2 saturated carbocycles. The molecule has 0 bridgehead atoms. The maximum Gasteiger partial charge on any atom is 0.359 e. The number of amides is 1. The summed E-state index contributed by atoms with van der Waals surface area (Å²) in [5.41, 5.74) is 3.57. The van der Waals surface area contributed by atoms with Crippen LogP contribution in [0.2, 0.25) is 15.9 Å². The molecule has 1 aromatic carbocycles. The maximum atomic E-state index is 12.1. The van der Waals surface area contributed by atoms with E-state index in [1.165, 1.54) is 31.8 Å². The molecule has 1 amide bonds. The Morgan fingerprint density at radius 2 is 0.891 bits per heavy atom. The molecule has 6 aliphatic rings. The van der Waals surface area contributed by atoms with Crippen molar-refractivity contribution in [2.24, 2.45) is 0 Å². The van der Waals surface area contributed by atoms with Gasteiger partial charge in [-0.05, 0) is 123 Å². The number of benzene rings is 1. The van der Waals surface area contributed by atoms with E-state index in [4.69, 9.17) is 63.2 Å². The minimum Gasteiger partial charge on any atom is -0.393 e. The smallest absolute Gasteiger partial charge is 0.359 e. The lowest BCUT2D eigenvalue weighted by molar-refractivity contribution is -0.121. The van der Waals surface area contributed by atoms with Gasteiger partial charge in [-0.3, -0.25) is 18.5 Å². The van der Waals surface area contributed by atoms with Gasteiger partial charge >= 0.3 is 22.8 Å². The van der Waals surface area contributed by atoms with Gasteiger partial charge < -0.3 is 128 Å². The van der Waals surface area contributed by atoms with E-state index < -0.39 is 168 Å². The zero-order valence-electron chi connectivity index (χ0n) is 59.9. The number of hydrogen-bond acceptors (Lipinski definition) is 28. The highest BCUT2D eigenvalue weighted by atomic mass is 35.5. The van der Waals surface area contributed by atoms with E-state index in [-0.39, 0.29) is 34.0 Å². The summed E-state index contributed by atoms with van der Waals surface area (Å²) < 4.78 is 98.9. The van der Waals surface area contributed by atoms with Crippen molar-refractivity contribution in [3.63, 3.8) is 0 Å². The quantitative estimate of drug-likeness (QED) is 0.0259. The molecule has 3 saturated heterocycles. The fourth-order valence-electron chi connectivity index (χ4n) is 13.7. The molecule has 16 atom stereocenters. The normalized spacial score (nSPS) is 27.1. The van der Waals surface area contributed by atoms with Gasteiger partial charge in [0.05, 0.1) is 68.0 Å². The highest BCUT2D eigenvalue weighted by Gasteiger charge is 2.53. The van der Waals surface area contributed by atoms with Crippen molar-refractivity contribution in [3.05, 3.63) is 88.0 Å². The molecule has 9 heterocycles. The van der Waals surface area contributed by atoms with Crippen molar-refractivity contribution in [2.45, 2.75) is 200 Å². The van der Waals surface area contributed by atoms with Crippen LogP contribution in [0.25, 0.3) is 33.1 Å². The Labute approximate surface area is 644 Å². The largest absolute Gasteiger partial charge is 0.393 e. The minimum absolute atomic E-state index is 0.00578. The van der Waals surface area contributed by atoms with Crippen LogP contribution in [0.15, 0.2) is 61.1 Å². The first-order valence-electron chi connectivity index (χ1n) is 35.0. The minimum atomic E-state index is -4.98. The average Bonchev–Trinajstić information content (AvgIpc) is 1.62. The van der Waals surface area contributed by atoms with Gasteiger partial charge in [-0.1, -0.05) is 49.9 Å². The molecule has 0 spiro atoms. The van der Waals surface area contributed by atoms with E-state index >= 15 is 0 Å². The summed E-state index contributed by atoms with van der Waals surface area (Å²) in [6.07, 6.45) is 0.755. The van der Waals surface area contributed by atoms with Crippen LogP contribution in [0.3, 0.4) is 0 Å². The second kappa shape index (κ2) is 34.2. The third kappa shape index (κ3) is 18.9. The van der Waals surface area contributed by atoms with Gasteiger partial charge in [0.1, 0.15) is 89.3 Å². The molecular formula is C64H90Cl3N14O25P3S. The number of ether oxygens (including phenoxy) is 6. The summed E-state index contributed by atoms with van der Waals surface area (Å²) in [6, 6.07) is 14.0. The van der Waals surface area contributed by atoms with E-state index in [0.29, 0.717) is 50.6 Å². The third-order valence-corrected chi connectivity index (χ3v) is 26.2. The van der Waals surface area contributed by atoms with Crippen LogP contribution in [-0.2, 0) is 63.4 Å². The monoisotopic (exact) mass is 1680 g/mol. The molecule has 18 N–H and O–H groups in total. The van der Waals surface area contributed by atoms with Gasteiger partial charge in [0.25, 0.3) is 0 Å². The van der Waals surface area contributed by atoms with Gasteiger partial charge in [0.15, 0.2) is 34.7 Å². The molecule has 608 valence electrons. The molecule has 3 aliphatic heterocycles. The number of carbonyl (C=O) groups excluding carboxylic acids is 1. The number of sulfonamides is 1. The van der Waals surface area contributed by atoms with E-state index in [9.17, 15) is 92.0 Å². The predicted molar refractivity (Wildman–Crippen MR) is 396 cm³/mol. The van der Waals surface area contributed by atoms with E-state index in [1.807, 2.05) is 16.9 Å². The molecule has 46 heteroatoms. The van der Waals surface area contributed by atoms with Crippen molar-refractivity contribution in [3.8, 4) is 0 Å². The van der Waals surface area contributed by atoms with Gasteiger partial charge in [0.2, 0.25) is 31.8 Å². The first kappa shape index (κ1) is 85.5. The predicted octanol–water partition coefficient (Wildman–Crippen LogP) is 3.33. The van der Waals surface area contributed by atoms with Crippen molar-refractivity contribution in [1.82, 2.24) is 53.6 Å². The van der Waals surface area contributed by atoms with E-state index in [1.54, 1.807) is 36.8 Å². The molecular weight excluding hydrogens is 1600 g/mol. The Morgan fingerprint density at radius 1 is 0.536 bits per heavy atom. The number of aryl methyl sites for hydroxylation is 1. The van der Waals surface area contributed by atoms with Crippen LogP contribution in [0.4, 0.5) is 17.5 Å². The lowest BCUT2D eigenvalue weighted by atomic mass is 10.1. The number of nitrogens with one attached hydrogen (secondary N) is 5. The standard InChI is InChI=1S/C23H28ClN4O8P.C21H31ClN5O8P.C20H31ClN5O9PS/c1-23(11-29,37(32,33)34)35-10-16-17(30)18(31)21(36-16)28-9-8-14-19(26-22(24)27-20(14)28)25-15-7-6-12-4-2-3-5-13(12)15;1-11(28)23-10-21(2,36(31,32)33)34-9-14-15(29)16(30)19(35-14)27-8-7-13-17(24-12-5-3-4-6-12)25-20(22)26-18(13)27;1-20(36(29,30)31,10-22-37(2,32)33)34-9-13-14(27)15(28)18(35-13)26-8-7-12-16(23-11-5-3-4-6-11)24-19(21)25-17(12)26/h2-5,8-9,15-18,21,29-31H,6-7,10-11H2,1H3,(H,25,26,27)(H2,32,33,34);7-8,12,14-16,19,29-30H,3-6,9-10H2,1-2H3,(H,23,28)(H,24,25,26)(H2,31,32,33);7-8,11,13-15,18,22,27-28H,3-6,9-10H2,1-2H3,(H,23,24,25)(H2,29,30,31)/t15-,16-,17-,18-,21-,23?;14-,15-,16-,19-,21?;13-,14-,15-,18-,20?/m111/s1. The van der Waals surface area contributed by atoms with Crippen LogP contribution in [0, 0.1) is 0 Å². The van der Waals surface area contributed by atoms with Crippen molar-refractivity contribution < 1.29 is 120 Å². The number of aromatic nitrogens is 9. The van der Waals surface area contributed by atoms with Crippen LogP contribution >= 0.6 is 57.6 Å². The third-order valence-electron chi connectivity index (χ3n) is 20.4. The molecule has 6 aromatic heterocycles. The maximum absolute atomic E-state index is 12.1. The number of hydrogen-bond donors (Lipinski definition) is 18. The number of anilines is 3. The van der Waals surface area contributed by atoms with Crippen molar-refractivity contribution >= 4 is 124 Å². The highest BCUT2D eigenvalue weighted by molar-refractivity contribution is 7.88. The first-order valence-corrected chi connectivity index (χ1v) is 42.9. The summed E-state index contributed by atoms with van der Waals surface area (Å²) in [5.74, 6) is 1.14. The molecule has 0 radical (unpaired) electrons. The molecule has 13 rings (SSSR count). The number of nitrogens with zero attached hydrogens (tertiary/aromatic N) is 9. The fraction of sp³-hybridized carbons (Fsp3) is 0.609. The Hall–Kier alpha value is -5.34. The number of carbonyl (C=O) groups is 1. The molecule has 3 unspecified atom stereocenters. The molecule has 3 aliphatic carbocycles. The molecule has 7 aromatic rings. The summed E-state index contributed by atoms with van der Waals surface area (Å²) in [7, 11) is -18.4.